The molecule has 150 valence electrons. The molecule has 0 radical (unpaired) electrons. The highest BCUT2D eigenvalue weighted by Crippen LogP contribution is 2.77. The molecule has 2 unspecified atom stereocenters. The van der Waals surface area contributed by atoms with E-state index in [2.05, 4.69) is 0 Å². The molecule has 1 saturated carbocycles. The third-order valence-electron chi connectivity index (χ3n) is 6.48. The highest BCUT2D eigenvalue weighted by Gasteiger charge is 2.94. The number of benzene rings is 2. The van der Waals surface area contributed by atoms with Crippen molar-refractivity contribution in [2.45, 2.75) is 19.3 Å². The van der Waals surface area contributed by atoms with Gasteiger partial charge >= 0.3 is 5.97 Å². The van der Waals surface area contributed by atoms with Crippen LogP contribution in [0.15, 0.2) is 48.5 Å². The van der Waals surface area contributed by atoms with Crippen LogP contribution in [0, 0.1) is 11.3 Å². The lowest BCUT2D eigenvalue weighted by atomic mass is 9.83. The Kier molecular flexibility index (Phi) is 3.51. The van der Waals surface area contributed by atoms with Crippen molar-refractivity contribution in [2.75, 3.05) is 11.5 Å². The standard InChI is InChI=1S/C23H17NO6/c1-3-30-20(28)17-22(15-10-6-7-11-16(15)24(12(2)25)21(22)29)23(17)18(26)13-8-4-5-9-14(13)19(23)27/h4-11,17H,3H2,1-2H3. The van der Waals surface area contributed by atoms with Gasteiger partial charge in [-0.15, -0.1) is 0 Å². The van der Waals surface area contributed by atoms with Gasteiger partial charge in [-0.3, -0.25) is 24.0 Å². The van der Waals surface area contributed by atoms with Crippen molar-refractivity contribution in [3.8, 4) is 0 Å². The van der Waals surface area contributed by atoms with Gasteiger partial charge in [0.25, 0.3) is 0 Å². The summed E-state index contributed by atoms with van der Waals surface area (Å²) in [4.78, 5) is 67.3. The van der Waals surface area contributed by atoms with E-state index in [9.17, 15) is 24.0 Å². The van der Waals surface area contributed by atoms with E-state index in [1.807, 2.05) is 0 Å². The van der Waals surface area contributed by atoms with Crippen LogP contribution in [0.25, 0.3) is 0 Å². The number of anilines is 1. The van der Waals surface area contributed by atoms with Crippen molar-refractivity contribution in [2.24, 2.45) is 11.3 Å². The normalized spacial score (nSPS) is 24.9. The van der Waals surface area contributed by atoms with Gasteiger partial charge in [0.15, 0.2) is 11.6 Å². The fourth-order valence-electron chi connectivity index (χ4n) is 5.46. The predicted octanol–water partition coefficient (Wildman–Crippen LogP) is 2.08. The Morgan fingerprint density at radius 3 is 2.07 bits per heavy atom. The highest BCUT2D eigenvalue weighted by atomic mass is 16.5. The van der Waals surface area contributed by atoms with E-state index in [0.29, 0.717) is 5.56 Å². The van der Waals surface area contributed by atoms with Crippen molar-refractivity contribution in [3.63, 3.8) is 0 Å². The summed E-state index contributed by atoms with van der Waals surface area (Å²) in [6.45, 7) is 2.87. The van der Waals surface area contributed by atoms with Crippen LogP contribution >= 0.6 is 0 Å². The molecular weight excluding hydrogens is 386 g/mol. The Balaban J connectivity index is 1.83. The van der Waals surface area contributed by atoms with Gasteiger partial charge in [-0.25, -0.2) is 4.90 Å². The topological polar surface area (TPSA) is 97.8 Å². The maximum absolute atomic E-state index is 13.7. The summed E-state index contributed by atoms with van der Waals surface area (Å²) in [5, 5.41) is 0. The van der Waals surface area contributed by atoms with Crippen LogP contribution in [0.4, 0.5) is 5.69 Å². The maximum atomic E-state index is 13.7. The van der Waals surface area contributed by atoms with E-state index in [0.717, 1.165) is 4.90 Å². The lowest BCUT2D eigenvalue weighted by Gasteiger charge is -2.15. The summed E-state index contributed by atoms with van der Waals surface area (Å²) in [5.41, 5.74) is -2.73. The maximum Gasteiger partial charge on any atom is 0.311 e. The number of hydrogen-bond acceptors (Lipinski definition) is 6. The van der Waals surface area contributed by atoms with Gasteiger partial charge in [-0.05, 0) is 18.6 Å². The summed E-state index contributed by atoms with van der Waals surface area (Å²) < 4.78 is 5.19. The van der Waals surface area contributed by atoms with E-state index >= 15 is 0 Å². The van der Waals surface area contributed by atoms with Crippen LogP contribution in [0.3, 0.4) is 0 Å². The van der Waals surface area contributed by atoms with Crippen molar-refractivity contribution in [3.05, 3.63) is 65.2 Å². The van der Waals surface area contributed by atoms with Gasteiger partial charge in [0.1, 0.15) is 10.8 Å². The lowest BCUT2D eigenvalue weighted by Crippen LogP contribution is -2.40. The molecule has 0 bridgehead atoms. The van der Waals surface area contributed by atoms with Crippen molar-refractivity contribution in [1.82, 2.24) is 0 Å². The molecular formula is C23H17NO6. The molecule has 1 aliphatic heterocycles. The SMILES string of the molecule is CCOC(=O)C1C2(C(=O)c3ccccc3C2=O)C12C(=O)N(C(C)=O)c1ccccc12. The first-order valence-electron chi connectivity index (χ1n) is 9.66. The molecule has 7 heteroatoms. The number of hydrogen-bond donors (Lipinski definition) is 0. The Morgan fingerprint density at radius 2 is 1.50 bits per heavy atom. The molecule has 0 N–H and O–H groups in total. The first kappa shape index (κ1) is 18.4. The van der Waals surface area contributed by atoms with Gasteiger partial charge < -0.3 is 4.74 Å². The number of Topliss-reactive ketones (excluding diaryl/α,β-unsaturated/α-hetero) is 2. The number of carbonyl (C=O) groups excluding carboxylic acids is 5. The van der Waals surface area contributed by atoms with Gasteiger partial charge in [0.05, 0.1) is 18.2 Å². The van der Waals surface area contributed by atoms with Crippen LogP contribution in [-0.4, -0.2) is 36.0 Å². The van der Waals surface area contributed by atoms with Crippen molar-refractivity contribution in [1.29, 1.82) is 0 Å². The molecule has 1 heterocycles. The first-order valence-corrected chi connectivity index (χ1v) is 9.66. The summed E-state index contributed by atoms with van der Waals surface area (Å²) in [6, 6.07) is 12.8. The number of nitrogens with zero attached hydrogens (tertiary/aromatic N) is 1. The Morgan fingerprint density at radius 1 is 0.933 bits per heavy atom. The first-order chi connectivity index (χ1) is 14.4. The molecule has 7 nitrogen and oxygen atoms in total. The zero-order valence-corrected chi connectivity index (χ0v) is 16.3. The van der Waals surface area contributed by atoms with Crippen LogP contribution in [0.2, 0.25) is 0 Å². The zero-order chi connectivity index (χ0) is 21.4. The van der Waals surface area contributed by atoms with E-state index in [1.165, 1.54) is 19.1 Å². The Bertz CT molecular complexity index is 1160. The molecule has 1 fully saturated rings. The minimum Gasteiger partial charge on any atom is -0.466 e. The van der Waals surface area contributed by atoms with Crippen LogP contribution in [-0.2, 0) is 24.5 Å². The van der Waals surface area contributed by atoms with Crippen LogP contribution < -0.4 is 4.90 Å². The number of ketones is 2. The molecule has 30 heavy (non-hydrogen) atoms. The fourth-order valence-corrected chi connectivity index (χ4v) is 5.46. The van der Waals surface area contributed by atoms with Gasteiger partial charge in [-0.2, -0.15) is 0 Å². The van der Waals surface area contributed by atoms with Gasteiger partial charge in [0.2, 0.25) is 11.8 Å². The monoisotopic (exact) mass is 403 g/mol. The number of amides is 2. The van der Waals surface area contributed by atoms with Crippen molar-refractivity contribution >= 4 is 35.0 Å². The van der Waals surface area contributed by atoms with Gasteiger partial charge in [0, 0.05) is 18.1 Å². The third-order valence-corrected chi connectivity index (χ3v) is 6.48. The molecule has 2 atom stereocenters. The molecule has 2 aliphatic carbocycles. The summed E-state index contributed by atoms with van der Waals surface area (Å²) in [7, 11) is 0. The smallest absolute Gasteiger partial charge is 0.311 e. The van der Waals surface area contributed by atoms with E-state index in [1.54, 1.807) is 43.3 Å². The zero-order valence-electron chi connectivity index (χ0n) is 16.3. The molecule has 5 rings (SSSR count). The molecule has 2 spiro atoms. The molecule has 2 aromatic carbocycles. The number of esters is 1. The second kappa shape index (κ2) is 5.72. The van der Waals surface area contributed by atoms with Crippen molar-refractivity contribution < 1.29 is 28.7 Å². The quantitative estimate of drug-likeness (QED) is 0.563. The average Bonchev–Trinajstić information content (AvgIpc) is 3.22. The number of rotatable bonds is 2. The minimum atomic E-state index is -1.93. The summed E-state index contributed by atoms with van der Waals surface area (Å²) in [6.07, 6.45) is 0. The number of ether oxygens (including phenoxy) is 1. The minimum absolute atomic E-state index is 0.0308. The van der Waals surface area contributed by atoms with E-state index in [-0.39, 0.29) is 23.4 Å². The molecule has 0 saturated heterocycles. The van der Waals surface area contributed by atoms with Crippen LogP contribution in [0.5, 0.6) is 0 Å². The third kappa shape index (κ3) is 1.71. The fraction of sp³-hybridized carbons (Fsp3) is 0.261. The van der Waals surface area contributed by atoms with Crippen LogP contribution in [0.1, 0.15) is 40.1 Å². The number of imide groups is 1. The second-order valence-electron chi connectivity index (χ2n) is 7.68. The summed E-state index contributed by atoms with van der Waals surface area (Å²) in [5.74, 6) is -4.55. The number of para-hydroxylation sites is 1. The lowest BCUT2D eigenvalue weighted by molar-refractivity contribution is -0.146. The number of fused-ring (bicyclic) bond motifs is 4. The largest absolute Gasteiger partial charge is 0.466 e. The molecule has 2 aromatic rings. The van der Waals surface area contributed by atoms with E-state index < -0.39 is 46.1 Å². The highest BCUT2D eigenvalue weighted by molar-refractivity contribution is 6.41. The van der Waals surface area contributed by atoms with Gasteiger partial charge in [-0.1, -0.05) is 42.5 Å². The summed E-state index contributed by atoms with van der Waals surface area (Å²) >= 11 is 0. The number of carbonyl (C=O) groups is 5. The predicted molar refractivity (Wildman–Crippen MR) is 104 cm³/mol. The molecule has 0 aromatic heterocycles. The molecule has 2 amide bonds. The second-order valence-corrected chi connectivity index (χ2v) is 7.68. The average molecular weight is 403 g/mol. The Labute approximate surface area is 171 Å². The molecule has 3 aliphatic rings. The van der Waals surface area contributed by atoms with E-state index in [4.69, 9.17) is 4.74 Å². The Hall–Kier alpha value is -3.61.